The van der Waals surface area contributed by atoms with E-state index in [1.807, 2.05) is 37.7 Å². The van der Waals surface area contributed by atoms with E-state index in [-0.39, 0.29) is 0 Å². The lowest BCUT2D eigenvalue weighted by Gasteiger charge is -2.10. The Balaban J connectivity index is 1.57. The van der Waals surface area contributed by atoms with E-state index in [1.165, 1.54) is 0 Å². The fraction of sp³-hybridized carbons (Fsp3) is 0.400. The molecule has 0 spiro atoms. The van der Waals surface area contributed by atoms with Gasteiger partial charge in [0.2, 0.25) is 11.7 Å². The summed E-state index contributed by atoms with van der Waals surface area (Å²) in [6.45, 7) is 8.07. The van der Waals surface area contributed by atoms with E-state index in [1.54, 1.807) is 12.1 Å². The molecule has 0 atom stereocenters. The van der Waals surface area contributed by atoms with Gasteiger partial charge >= 0.3 is 0 Å². The maximum absolute atomic E-state index is 5.92. The van der Waals surface area contributed by atoms with Gasteiger partial charge in [-0.3, -0.25) is 4.68 Å². The van der Waals surface area contributed by atoms with Gasteiger partial charge in [-0.2, -0.15) is 10.1 Å². The smallest absolute Gasteiger partial charge is 0.228 e. The van der Waals surface area contributed by atoms with E-state index in [0.29, 0.717) is 36.2 Å². The van der Waals surface area contributed by atoms with Crippen LogP contribution >= 0.6 is 11.6 Å². The van der Waals surface area contributed by atoms with Gasteiger partial charge in [0.05, 0.1) is 12.2 Å². The van der Waals surface area contributed by atoms with Gasteiger partial charge in [0.15, 0.2) is 5.96 Å². The minimum absolute atomic E-state index is 0.555. The summed E-state index contributed by atoms with van der Waals surface area (Å²) >= 11 is 5.92. The van der Waals surface area contributed by atoms with Crippen molar-refractivity contribution in [3.63, 3.8) is 0 Å². The van der Waals surface area contributed by atoms with Gasteiger partial charge in [0.25, 0.3) is 0 Å². The van der Waals surface area contributed by atoms with E-state index in [9.17, 15) is 0 Å². The quantitative estimate of drug-likeness (QED) is 0.455. The van der Waals surface area contributed by atoms with Crippen LogP contribution < -0.4 is 10.6 Å². The van der Waals surface area contributed by atoms with Crippen LogP contribution in [0.15, 0.2) is 33.8 Å². The lowest BCUT2D eigenvalue weighted by atomic mass is 10.2. The van der Waals surface area contributed by atoms with Crippen LogP contribution in [0.1, 0.15) is 29.8 Å². The topological polar surface area (TPSA) is 93.2 Å². The fourth-order valence-corrected chi connectivity index (χ4v) is 3.03. The predicted octanol–water partition coefficient (Wildman–Crippen LogP) is 3.04. The molecule has 0 radical (unpaired) electrons. The van der Waals surface area contributed by atoms with Gasteiger partial charge in [0, 0.05) is 48.4 Å². The molecule has 29 heavy (non-hydrogen) atoms. The zero-order valence-electron chi connectivity index (χ0n) is 17.2. The molecular weight excluding hydrogens is 390 g/mol. The summed E-state index contributed by atoms with van der Waals surface area (Å²) in [5, 5.41) is 15.7. The zero-order valence-corrected chi connectivity index (χ0v) is 17.9. The molecule has 2 N–H and O–H groups in total. The SMILES string of the molecule is CCNC(=NCc1c(C)nn(C)c1C)NCCc1nc(-c2ccc(Cl)cc2)no1. The lowest BCUT2D eigenvalue weighted by molar-refractivity contribution is 0.378. The Morgan fingerprint density at radius 3 is 2.62 bits per heavy atom. The van der Waals surface area contributed by atoms with Crippen molar-refractivity contribution in [3.05, 3.63) is 52.1 Å². The molecule has 154 valence electrons. The van der Waals surface area contributed by atoms with Crippen LogP contribution in [0, 0.1) is 13.8 Å². The largest absolute Gasteiger partial charge is 0.357 e. The second-order valence-electron chi connectivity index (χ2n) is 6.66. The third-order valence-electron chi connectivity index (χ3n) is 4.60. The third-order valence-corrected chi connectivity index (χ3v) is 4.85. The minimum Gasteiger partial charge on any atom is -0.357 e. The average Bonchev–Trinajstić information content (AvgIpc) is 3.26. The van der Waals surface area contributed by atoms with Crippen LogP contribution in [0.3, 0.4) is 0 Å². The molecule has 0 unspecified atom stereocenters. The highest BCUT2D eigenvalue weighted by molar-refractivity contribution is 6.30. The molecular formula is C20H26ClN7O. The molecule has 9 heteroatoms. The second kappa shape index (κ2) is 9.56. The number of guanidine groups is 1. The van der Waals surface area contributed by atoms with Crippen molar-refractivity contribution < 1.29 is 4.52 Å². The number of nitrogens with one attached hydrogen (secondary N) is 2. The molecule has 0 aliphatic carbocycles. The van der Waals surface area contributed by atoms with Crippen LogP contribution in [0.5, 0.6) is 0 Å². The number of rotatable bonds is 7. The van der Waals surface area contributed by atoms with Crippen molar-refractivity contribution in [3.8, 4) is 11.4 Å². The maximum atomic E-state index is 5.92. The first-order valence-corrected chi connectivity index (χ1v) is 9.95. The number of aromatic nitrogens is 4. The molecule has 2 heterocycles. The van der Waals surface area contributed by atoms with E-state index < -0.39 is 0 Å². The lowest BCUT2D eigenvalue weighted by Crippen LogP contribution is -2.38. The Labute approximate surface area is 175 Å². The summed E-state index contributed by atoms with van der Waals surface area (Å²) < 4.78 is 7.23. The summed E-state index contributed by atoms with van der Waals surface area (Å²) in [4.78, 5) is 9.11. The van der Waals surface area contributed by atoms with Crippen molar-refractivity contribution in [2.75, 3.05) is 13.1 Å². The first kappa shape index (κ1) is 20.9. The molecule has 8 nitrogen and oxygen atoms in total. The van der Waals surface area contributed by atoms with E-state index in [0.717, 1.165) is 35.0 Å². The highest BCUT2D eigenvalue weighted by Crippen LogP contribution is 2.18. The van der Waals surface area contributed by atoms with Gasteiger partial charge in [-0.15, -0.1) is 0 Å². The number of aliphatic imine (C=N–C) groups is 1. The van der Waals surface area contributed by atoms with Crippen LogP contribution in [0.2, 0.25) is 5.02 Å². The first-order chi connectivity index (χ1) is 14.0. The molecule has 3 rings (SSSR count). The summed E-state index contributed by atoms with van der Waals surface area (Å²) in [6, 6.07) is 7.35. The Morgan fingerprint density at radius 2 is 1.97 bits per heavy atom. The maximum Gasteiger partial charge on any atom is 0.228 e. The monoisotopic (exact) mass is 415 g/mol. The first-order valence-electron chi connectivity index (χ1n) is 9.57. The zero-order chi connectivity index (χ0) is 20.8. The number of benzene rings is 1. The summed E-state index contributed by atoms with van der Waals surface area (Å²) in [5.74, 6) is 1.87. The number of aryl methyl sites for hydroxylation is 2. The van der Waals surface area contributed by atoms with E-state index in [2.05, 4.69) is 37.8 Å². The number of hydrogen-bond acceptors (Lipinski definition) is 5. The predicted molar refractivity (Wildman–Crippen MR) is 114 cm³/mol. The molecule has 0 saturated heterocycles. The highest BCUT2D eigenvalue weighted by atomic mass is 35.5. The van der Waals surface area contributed by atoms with Crippen molar-refractivity contribution in [2.45, 2.75) is 33.7 Å². The van der Waals surface area contributed by atoms with Gasteiger partial charge in [-0.05, 0) is 45.0 Å². The summed E-state index contributed by atoms with van der Waals surface area (Å²) in [5.41, 5.74) is 4.15. The van der Waals surface area contributed by atoms with E-state index in [4.69, 9.17) is 16.1 Å². The Morgan fingerprint density at radius 1 is 1.21 bits per heavy atom. The van der Waals surface area contributed by atoms with E-state index >= 15 is 0 Å². The third kappa shape index (κ3) is 5.35. The molecule has 0 saturated carbocycles. The minimum atomic E-state index is 0.555. The van der Waals surface area contributed by atoms with Gasteiger partial charge in [-0.25, -0.2) is 4.99 Å². The van der Waals surface area contributed by atoms with Crippen molar-refractivity contribution in [2.24, 2.45) is 12.0 Å². The molecule has 0 bridgehead atoms. The van der Waals surface area contributed by atoms with Gasteiger partial charge in [-0.1, -0.05) is 16.8 Å². The molecule has 3 aromatic rings. The van der Waals surface area contributed by atoms with Crippen LogP contribution in [-0.2, 0) is 20.0 Å². The molecule has 0 aliphatic rings. The molecule has 1 aromatic carbocycles. The van der Waals surface area contributed by atoms with Crippen LogP contribution in [0.25, 0.3) is 11.4 Å². The molecule has 0 amide bonds. The fourth-order valence-electron chi connectivity index (χ4n) is 2.91. The molecule has 2 aromatic heterocycles. The number of hydrogen-bond donors (Lipinski definition) is 2. The second-order valence-corrected chi connectivity index (χ2v) is 7.10. The van der Waals surface area contributed by atoms with Gasteiger partial charge < -0.3 is 15.2 Å². The standard InChI is InChI=1S/C20H26ClN7O/c1-5-22-20(24-12-17-13(2)26-28(4)14(17)3)23-11-10-18-25-19(27-29-18)15-6-8-16(21)9-7-15/h6-9H,5,10-12H2,1-4H3,(H2,22,23,24). The highest BCUT2D eigenvalue weighted by Gasteiger charge is 2.10. The number of nitrogens with zero attached hydrogens (tertiary/aromatic N) is 5. The molecule has 0 aliphatic heterocycles. The average molecular weight is 416 g/mol. The van der Waals surface area contributed by atoms with Crippen molar-refractivity contribution >= 4 is 17.6 Å². The normalized spacial score (nSPS) is 11.7. The number of halogens is 1. The van der Waals surface area contributed by atoms with Crippen LogP contribution in [-0.4, -0.2) is 39.0 Å². The summed E-state index contributed by atoms with van der Waals surface area (Å²) in [6.07, 6.45) is 0.593. The van der Waals surface area contributed by atoms with Crippen molar-refractivity contribution in [1.82, 2.24) is 30.6 Å². The molecule has 0 fully saturated rings. The Kier molecular flexibility index (Phi) is 6.87. The Bertz CT molecular complexity index is 975. The summed E-state index contributed by atoms with van der Waals surface area (Å²) in [7, 11) is 1.95. The Hall–Kier alpha value is -2.87. The van der Waals surface area contributed by atoms with Crippen LogP contribution in [0.4, 0.5) is 0 Å². The van der Waals surface area contributed by atoms with Gasteiger partial charge in [0.1, 0.15) is 0 Å². The van der Waals surface area contributed by atoms with Crippen molar-refractivity contribution in [1.29, 1.82) is 0 Å².